The Morgan fingerprint density at radius 3 is 2.38 bits per heavy atom. The average molecular weight is 416 g/mol. The first-order chi connectivity index (χ1) is 13.5. The van der Waals surface area contributed by atoms with E-state index in [2.05, 4.69) is 50.9 Å². The van der Waals surface area contributed by atoms with Crippen molar-refractivity contribution in [3.8, 4) is 0 Å². The molecule has 0 saturated carbocycles. The highest BCUT2D eigenvalue weighted by Crippen LogP contribution is 2.51. The van der Waals surface area contributed by atoms with Gasteiger partial charge in [0.2, 0.25) is 0 Å². The van der Waals surface area contributed by atoms with Gasteiger partial charge in [-0.05, 0) is 31.9 Å². The van der Waals surface area contributed by atoms with Crippen LogP contribution in [0.5, 0.6) is 0 Å². The summed E-state index contributed by atoms with van der Waals surface area (Å²) in [4.78, 5) is 0. The molecule has 0 saturated heterocycles. The molecule has 0 atom stereocenters. The van der Waals surface area contributed by atoms with Crippen molar-refractivity contribution in [2.75, 3.05) is 10.8 Å². The Morgan fingerprint density at radius 2 is 1.72 bits per heavy atom. The summed E-state index contributed by atoms with van der Waals surface area (Å²) in [5, 5.41) is 6.92. The van der Waals surface area contributed by atoms with Crippen LogP contribution in [0.15, 0.2) is 53.9 Å². The Hall–Kier alpha value is -2.25. The number of rotatable bonds is 7. The Labute approximate surface area is 173 Å². The van der Waals surface area contributed by atoms with Crippen LogP contribution in [0, 0.1) is 0 Å². The number of benzene rings is 1. The molecule has 2 heterocycles. The molecule has 7 heteroatoms. The van der Waals surface area contributed by atoms with E-state index in [1.54, 1.807) is 0 Å². The third-order valence-electron chi connectivity index (χ3n) is 6.16. The van der Waals surface area contributed by atoms with Crippen molar-refractivity contribution in [1.29, 1.82) is 0 Å². The smallest absolute Gasteiger partial charge is 0.169 e. The molecule has 0 aliphatic carbocycles. The summed E-state index contributed by atoms with van der Waals surface area (Å²) < 4.78 is 33.9. The normalized spacial score (nSPS) is 17.6. The number of fused-ring (bicyclic) bond motifs is 1. The van der Waals surface area contributed by atoms with E-state index in [0.29, 0.717) is 19.4 Å². The highest BCUT2D eigenvalue weighted by molar-refractivity contribution is 7.85. The van der Waals surface area contributed by atoms with Crippen LogP contribution in [-0.2, 0) is 22.1 Å². The first-order valence-corrected chi connectivity index (χ1v) is 11.5. The van der Waals surface area contributed by atoms with Crippen LogP contribution in [0.25, 0.3) is 0 Å². The molecule has 6 nitrogen and oxygen atoms in total. The number of hydrogen-bond acceptors (Lipinski definition) is 5. The number of unbranched alkanes of at least 4 members (excludes halogenated alkanes) is 1. The number of anilines is 1. The van der Waals surface area contributed by atoms with Crippen molar-refractivity contribution >= 4 is 22.0 Å². The van der Waals surface area contributed by atoms with E-state index in [0.717, 1.165) is 11.3 Å². The first kappa shape index (κ1) is 21.5. The molecule has 1 aliphatic rings. The predicted octanol–water partition coefficient (Wildman–Crippen LogP) is 3.21. The molecule has 0 spiro atoms. The molecule has 0 unspecified atom stereocenters. The van der Waals surface area contributed by atoms with Gasteiger partial charge in [0.05, 0.1) is 27.6 Å². The van der Waals surface area contributed by atoms with Crippen LogP contribution in [-0.4, -0.2) is 30.5 Å². The molecule has 0 radical (unpaired) electrons. The molecule has 1 aromatic heterocycles. The first-order valence-electron chi connectivity index (χ1n) is 9.89. The fourth-order valence-electron chi connectivity index (χ4n) is 3.69. The van der Waals surface area contributed by atoms with Crippen LogP contribution in [0.1, 0.15) is 51.7 Å². The van der Waals surface area contributed by atoms with Gasteiger partial charge in [-0.2, -0.15) is 5.10 Å². The van der Waals surface area contributed by atoms with Gasteiger partial charge in [-0.3, -0.25) is 5.01 Å². The van der Waals surface area contributed by atoms with E-state index in [1.807, 2.05) is 41.4 Å². The fraction of sp³-hybridized carbons (Fsp3) is 0.455. The van der Waals surface area contributed by atoms with Crippen LogP contribution < -0.4 is 9.58 Å². The van der Waals surface area contributed by atoms with Crippen molar-refractivity contribution < 1.29 is 17.5 Å². The van der Waals surface area contributed by atoms with Crippen molar-refractivity contribution in [1.82, 2.24) is 0 Å². The van der Waals surface area contributed by atoms with Gasteiger partial charge in [-0.25, -0.2) is 13.0 Å². The van der Waals surface area contributed by atoms with Gasteiger partial charge in [0.15, 0.2) is 12.4 Å². The minimum Gasteiger partial charge on any atom is -0.748 e. The molecule has 156 valence electrons. The van der Waals surface area contributed by atoms with Crippen molar-refractivity contribution in [2.24, 2.45) is 5.10 Å². The fourth-order valence-corrected chi connectivity index (χ4v) is 4.25. The molecule has 1 aromatic carbocycles. The highest BCUT2D eigenvalue weighted by Gasteiger charge is 2.50. The van der Waals surface area contributed by atoms with Crippen LogP contribution in [0.4, 0.5) is 5.69 Å². The molecule has 0 bridgehead atoms. The topological polar surface area (TPSA) is 76.7 Å². The molecule has 0 amide bonds. The monoisotopic (exact) mass is 415 g/mol. The predicted molar refractivity (Wildman–Crippen MR) is 114 cm³/mol. The largest absolute Gasteiger partial charge is 0.748 e. The summed E-state index contributed by atoms with van der Waals surface area (Å²) in [7, 11) is -4.12. The zero-order chi connectivity index (χ0) is 21.3. The van der Waals surface area contributed by atoms with Crippen molar-refractivity contribution in [3.63, 3.8) is 0 Å². The van der Waals surface area contributed by atoms with E-state index < -0.39 is 10.1 Å². The average Bonchev–Trinajstić information content (AvgIpc) is 2.80. The lowest BCUT2D eigenvalue weighted by molar-refractivity contribution is -0.697. The maximum atomic E-state index is 10.7. The standard InChI is InChI=1S/C22H29N3O3S/c1-21(2)19-9-5-6-10-20(19)25(22(21,3)4)23-17-18-11-14-24(15-12-18)13-7-8-16-29(26,27)28/h5-6,9-12,14-15,17H,7-8,13,16H2,1-4H3. The number of aryl methyl sites for hydroxylation is 1. The van der Waals surface area contributed by atoms with Crippen LogP contribution in [0.3, 0.4) is 0 Å². The second kappa shape index (κ2) is 7.88. The van der Waals surface area contributed by atoms with Crippen molar-refractivity contribution in [2.45, 2.75) is 58.0 Å². The lowest BCUT2D eigenvalue weighted by Crippen LogP contribution is -2.48. The van der Waals surface area contributed by atoms with E-state index in [-0.39, 0.29) is 16.7 Å². The van der Waals surface area contributed by atoms with Gasteiger partial charge < -0.3 is 4.55 Å². The summed E-state index contributed by atoms with van der Waals surface area (Å²) >= 11 is 0. The van der Waals surface area contributed by atoms with E-state index >= 15 is 0 Å². The summed E-state index contributed by atoms with van der Waals surface area (Å²) in [5.74, 6) is -0.304. The summed E-state index contributed by atoms with van der Waals surface area (Å²) in [6.45, 7) is 9.61. The molecule has 3 rings (SSSR count). The van der Waals surface area contributed by atoms with E-state index in [4.69, 9.17) is 5.10 Å². The third kappa shape index (κ3) is 4.51. The third-order valence-corrected chi connectivity index (χ3v) is 6.95. The minimum atomic E-state index is -4.12. The maximum absolute atomic E-state index is 10.7. The van der Waals surface area contributed by atoms with Gasteiger partial charge in [0, 0.05) is 35.3 Å². The molecule has 2 aromatic rings. The van der Waals surface area contributed by atoms with Crippen LogP contribution >= 0.6 is 0 Å². The molecule has 1 aliphatic heterocycles. The number of hydrazone groups is 1. The summed E-state index contributed by atoms with van der Waals surface area (Å²) in [5.41, 5.74) is 3.23. The molecular weight excluding hydrogens is 386 g/mol. The van der Waals surface area contributed by atoms with Gasteiger partial charge >= 0.3 is 0 Å². The zero-order valence-corrected chi connectivity index (χ0v) is 18.3. The lowest BCUT2D eigenvalue weighted by atomic mass is 9.73. The second-order valence-corrected chi connectivity index (χ2v) is 10.1. The van der Waals surface area contributed by atoms with Crippen LogP contribution in [0.2, 0.25) is 0 Å². The summed E-state index contributed by atoms with van der Waals surface area (Å²) in [6, 6.07) is 12.4. The maximum Gasteiger partial charge on any atom is 0.169 e. The molecule has 0 fully saturated rings. The number of nitrogens with zero attached hydrogens (tertiary/aromatic N) is 3. The number of para-hydroxylation sites is 1. The van der Waals surface area contributed by atoms with Gasteiger partial charge in [-0.1, -0.05) is 32.0 Å². The van der Waals surface area contributed by atoms with Gasteiger partial charge in [-0.15, -0.1) is 0 Å². The van der Waals surface area contributed by atoms with Gasteiger partial charge in [0.1, 0.15) is 6.54 Å². The summed E-state index contributed by atoms with van der Waals surface area (Å²) in [6.07, 6.45) is 6.78. The lowest BCUT2D eigenvalue weighted by Gasteiger charge is -2.39. The van der Waals surface area contributed by atoms with Gasteiger partial charge in [0.25, 0.3) is 0 Å². The molecular formula is C22H29N3O3S. The van der Waals surface area contributed by atoms with E-state index in [9.17, 15) is 13.0 Å². The van der Waals surface area contributed by atoms with Crippen molar-refractivity contribution in [3.05, 3.63) is 59.9 Å². The Bertz CT molecular complexity index is 996. The Morgan fingerprint density at radius 1 is 1.07 bits per heavy atom. The second-order valence-electron chi connectivity index (χ2n) is 8.60. The SMILES string of the molecule is CC1(C)c2ccccc2N(/N=C/c2cc[n+](CCCCS(=O)(=O)[O-])cc2)C1(C)C. The number of hydrogen-bond donors (Lipinski definition) is 0. The quantitative estimate of drug-likeness (QED) is 0.301. The highest BCUT2D eigenvalue weighted by atomic mass is 32.2. The van der Waals surface area contributed by atoms with E-state index in [1.165, 1.54) is 5.56 Å². The minimum absolute atomic E-state index is 0.0296. The Kier molecular flexibility index (Phi) is 5.83. The number of pyridine rings is 1. The zero-order valence-electron chi connectivity index (χ0n) is 17.5. The molecule has 29 heavy (non-hydrogen) atoms. The number of aromatic nitrogens is 1. The molecule has 0 N–H and O–H groups in total. The Balaban J connectivity index is 1.69.